The number of rotatable bonds is 3. The van der Waals surface area contributed by atoms with Crippen molar-refractivity contribution < 1.29 is 0 Å². The van der Waals surface area contributed by atoms with Crippen LogP contribution in [0.3, 0.4) is 0 Å². The van der Waals surface area contributed by atoms with Crippen LogP contribution in [0.4, 0.5) is 11.5 Å². The molecule has 0 spiro atoms. The molecule has 23 heavy (non-hydrogen) atoms. The SMILES string of the molecule is Clc1ccc2nc(-c3cccnc3)c(Nc3ccccc3)n2c1. The summed E-state index contributed by atoms with van der Waals surface area (Å²) in [5.41, 5.74) is 3.60. The first-order valence-electron chi connectivity index (χ1n) is 7.21. The molecule has 1 N–H and O–H groups in total. The Morgan fingerprint density at radius 2 is 1.83 bits per heavy atom. The van der Waals surface area contributed by atoms with Crippen molar-refractivity contribution in [2.24, 2.45) is 0 Å². The van der Waals surface area contributed by atoms with Gasteiger partial charge in [0, 0.05) is 29.8 Å². The minimum absolute atomic E-state index is 0.656. The molecule has 112 valence electrons. The molecule has 5 heteroatoms. The number of para-hydroxylation sites is 1. The number of aromatic nitrogens is 3. The molecule has 0 saturated carbocycles. The van der Waals surface area contributed by atoms with Crippen molar-refractivity contribution in [3.05, 3.63) is 78.2 Å². The van der Waals surface area contributed by atoms with Gasteiger partial charge in [-0.05, 0) is 36.4 Å². The van der Waals surface area contributed by atoms with Crippen LogP contribution in [0.5, 0.6) is 0 Å². The number of hydrogen-bond donors (Lipinski definition) is 1. The van der Waals surface area contributed by atoms with E-state index in [-0.39, 0.29) is 0 Å². The first-order chi connectivity index (χ1) is 11.3. The number of anilines is 2. The molecule has 0 saturated heterocycles. The van der Waals surface area contributed by atoms with Crippen molar-refractivity contribution >= 4 is 28.8 Å². The number of benzene rings is 1. The molecule has 0 atom stereocenters. The third kappa shape index (κ3) is 2.64. The summed E-state index contributed by atoms with van der Waals surface area (Å²) in [4.78, 5) is 8.92. The minimum atomic E-state index is 0.656. The summed E-state index contributed by atoms with van der Waals surface area (Å²) in [6, 6.07) is 17.6. The van der Waals surface area contributed by atoms with E-state index in [1.165, 1.54) is 0 Å². The van der Waals surface area contributed by atoms with Gasteiger partial charge < -0.3 is 5.32 Å². The summed E-state index contributed by atoms with van der Waals surface area (Å²) in [6.45, 7) is 0. The lowest BCUT2D eigenvalue weighted by molar-refractivity contribution is 1.18. The quantitative estimate of drug-likeness (QED) is 0.590. The van der Waals surface area contributed by atoms with Gasteiger partial charge in [0.15, 0.2) is 0 Å². The molecule has 0 aliphatic heterocycles. The van der Waals surface area contributed by atoms with Gasteiger partial charge in [-0.2, -0.15) is 0 Å². The molecule has 4 rings (SSSR count). The van der Waals surface area contributed by atoms with Gasteiger partial charge in [-0.15, -0.1) is 0 Å². The maximum Gasteiger partial charge on any atom is 0.143 e. The largest absolute Gasteiger partial charge is 0.339 e. The zero-order valence-electron chi connectivity index (χ0n) is 12.1. The average Bonchev–Trinajstić information content (AvgIpc) is 2.95. The molecule has 3 aromatic heterocycles. The average molecular weight is 321 g/mol. The van der Waals surface area contributed by atoms with Gasteiger partial charge in [0.05, 0.1) is 5.02 Å². The smallest absolute Gasteiger partial charge is 0.143 e. The van der Waals surface area contributed by atoms with E-state index in [0.29, 0.717) is 5.02 Å². The topological polar surface area (TPSA) is 42.2 Å². The highest BCUT2D eigenvalue weighted by molar-refractivity contribution is 6.30. The third-order valence-corrected chi connectivity index (χ3v) is 3.78. The summed E-state index contributed by atoms with van der Waals surface area (Å²) < 4.78 is 1.96. The minimum Gasteiger partial charge on any atom is -0.339 e. The van der Waals surface area contributed by atoms with Crippen LogP contribution in [0.15, 0.2) is 73.2 Å². The zero-order valence-corrected chi connectivity index (χ0v) is 12.9. The summed E-state index contributed by atoms with van der Waals surface area (Å²) in [5, 5.41) is 4.09. The zero-order chi connectivity index (χ0) is 15.6. The summed E-state index contributed by atoms with van der Waals surface area (Å²) >= 11 is 6.16. The van der Waals surface area contributed by atoms with E-state index in [9.17, 15) is 0 Å². The number of halogens is 1. The molecule has 4 nitrogen and oxygen atoms in total. The molecule has 4 aromatic rings. The van der Waals surface area contributed by atoms with Crippen LogP contribution in [0.2, 0.25) is 5.02 Å². The van der Waals surface area contributed by atoms with Gasteiger partial charge in [-0.3, -0.25) is 9.38 Å². The standard InChI is InChI=1S/C18H13ClN4/c19-14-8-9-16-22-17(13-5-4-10-20-11-13)18(23(16)12-14)21-15-6-2-1-3-7-15/h1-12,21H. The highest BCUT2D eigenvalue weighted by Gasteiger charge is 2.14. The van der Waals surface area contributed by atoms with Crippen molar-refractivity contribution in [3.8, 4) is 11.3 Å². The van der Waals surface area contributed by atoms with Crippen LogP contribution in [0.1, 0.15) is 0 Å². The third-order valence-electron chi connectivity index (χ3n) is 3.55. The molecular formula is C18H13ClN4. The van der Waals surface area contributed by atoms with E-state index in [0.717, 1.165) is 28.4 Å². The molecule has 0 unspecified atom stereocenters. The maximum atomic E-state index is 6.16. The monoisotopic (exact) mass is 320 g/mol. The normalized spacial score (nSPS) is 10.8. The van der Waals surface area contributed by atoms with Crippen molar-refractivity contribution in [3.63, 3.8) is 0 Å². The Hall–Kier alpha value is -2.85. The lowest BCUT2D eigenvalue weighted by atomic mass is 10.2. The van der Waals surface area contributed by atoms with Gasteiger partial charge in [-0.25, -0.2) is 4.98 Å². The van der Waals surface area contributed by atoms with E-state index in [2.05, 4.69) is 10.3 Å². The number of nitrogens with zero attached hydrogens (tertiary/aromatic N) is 3. The molecule has 0 aliphatic carbocycles. The molecular weight excluding hydrogens is 308 g/mol. The van der Waals surface area contributed by atoms with Crippen LogP contribution < -0.4 is 5.32 Å². The fraction of sp³-hybridized carbons (Fsp3) is 0. The lowest BCUT2D eigenvalue weighted by Gasteiger charge is -2.08. The fourth-order valence-electron chi connectivity index (χ4n) is 2.50. The maximum absolute atomic E-state index is 6.16. The number of imidazole rings is 1. The first kappa shape index (κ1) is 13.8. The molecule has 0 bridgehead atoms. The number of nitrogens with one attached hydrogen (secondary N) is 1. The van der Waals surface area contributed by atoms with Crippen LogP contribution in [-0.2, 0) is 0 Å². The molecule has 1 aromatic carbocycles. The summed E-state index contributed by atoms with van der Waals surface area (Å²) in [6.07, 6.45) is 5.41. The number of pyridine rings is 2. The van der Waals surface area contributed by atoms with Crippen LogP contribution >= 0.6 is 11.6 Å². The Balaban J connectivity index is 1.93. The van der Waals surface area contributed by atoms with Gasteiger partial charge in [0.1, 0.15) is 17.2 Å². The van der Waals surface area contributed by atoms with E-state index < -0.39 is 0 Å². The van der Waals surface area contributed by atoms with Crippen LogP contribution in [0.25, 0.3) is 16.9 Å². The second-order valence-corrected chi connectivity index (χ2v) is 5.55. The Morgan fingerprint density at radius 1 is 0.957 bits per heavy atom. The van der Waals surface area contributed by atoms with Crippen LogP contribution in [0, 0.1) is 0 Å². The molecule has 0 aliphatic rings. The Bertz CT molecular complexity index is 949. The van der Waals surface area contributed by atoms with Crippen molar-refractivity contribution in [1.82, 2.24) is 14.4 Å². The Morgan fingerprint density at radius 3 is 2.61 bits per heavy atom. The lowest BCUT2D eigenvalue weighted by Crippen LogP contribution is -1.96. The molecule has 0 radical (unpaired) electrons. The van der Waals surface area contributed by atoms with E-state index >= 15 is 0 Å². The first-order valence-corrected chi connectivity index (χ1v) is 7.59. The van der Waals surface area contributed by atoms with Crippen molar-refractivity contribution in [2.75, 3.05) is 5.32 Å². The number of hydrogen-bond acceptors (Lipinski definition) is 3. The van der Waals surface area contributed by atoms with Crippen molar-refractivity contribution in [2.45, 2.75) is 0 Å². The van der Waals surface area contributed by atoms with E-state index in [1.54, 1.807) is 12.4 Å². The summed E-state index contributed by atoms with van der Waals surface area (Å²) in [5.74, 6) is 0.863. The molecule has 0 fully saturated rings. The molecule has 3 heterocycles. The van der Waals surface area contributed by atoms with Gasteiger partial charge in [0.2, 0.25) is 0 Å². The Kier molecular flexibility index (Phi) is 3.44. The van der Waals surface area contributed by atoms with Crippen LogP contribution in [-0.4, -0.2) is 14.4 Å². The summed E-state index contributed by atoms with van der Waals surface area (Å²) in [7, 11) is 0. The van der Waals surface area contributed by atoms with E-state index in [1.807, 2.05) is 65.2 Å². The van der Waals surface area contributed by atoms with Gasteiger partial charge in [-0.1, -0.05) is 29.8 Å². The van der Waals surface area contributed by atoms with Crippen molar-refractivity contribution in [1.29, 1.82) is 0 Å². The van der Waals surface area contributed by atoms with E-state index in [4.69, 9.17) is 16.6 Å². The van der Waals surface area contributed by atoms with Gasteiger partial charge in [0.25, 0.3) is 0 Å². The second-order valence-electron chi connectivity index (χ2n) is 5.12. The molecule has 0 amide bonds. The van der Waals surface area contributed by atoms with Gasteiger partial charge >= 0.3 is 0 Å². The number of fused-ring (bicyclic) bond motifs is 1. The fourth-order valence-corrected chi connectivity index (χ4v) is 2.66. The predicted octanol–water partition coefficient (Wildman–Crippen LogP) is 4.79. The second kappa shape index (κ2) is 5.74. The highest BCUT2D eigenvalue weighted by Crippen LogP contribution is 2.31. The highest BCUT2D eigenvalue weighted by atomic mass is 35.5. The Labute approximate surface area is 138 Å². The predicted molar refractivity (Wildman–Crippen MR) is 93.2 cm³/mol.